The average Bonchev–Trinajstić information content (AvgIpc) is 2.24. The molecule has 0 aliphatic carbocycles. The van der Waals surface area contributed by atoms with E-state index in [9.17, 15) is 0 Å². The SMILES string of the molecule is CC1(C)COC(C)(c2ccc(Cl)cc2)OC1. The number of ether oxygens (including phenoxy) is 2. The topological polar surface area (TPSA) is 18.5 Å². The van der Waals surface area contributed by atoms with E-state index < -0.39 is 5.79 Å². The summed E-state index contributed by atoms with van der Waals surface area (Å²) in [5.41, 5.74) is 1.10. The Labute approximate surface area is 102 Å². The van der Waals surface area contributed by atoms with E-state index in [1.165, 1.54) is 0 Å². The Morgan fingerprint density at radius 1 is 1.00 bits per heavy atom. The van der Waals surface area contributed by atoms with Crippen LogP contribution in [0.4, 0.5) is 0 Å². The van der Waals surface area contributed by atoms with Crippen molar-refractivity contribution in [2.75, 3.05) is 13.2 Å². The minimum atomic E-state index is -0.639. The van der Waals surface area contributed by atoms with Gasteiger partial charge in [0.05, 0.1) is 13.2 Å². The second kappa shape index (κ2) is 4.02. The molecule has 0 amide bonds. The van der Waals surface area contributed by atoms with E-state index in [4.69, 9.17) is 21.1 Å². The number of hydrogen-bond acceptors (Lipinski definition) is 2. The smallest absolute Gasteiger partial charge is 0.191 e. The van der Waals surface area contributed by atoms with Gasteiger partial charge in [-0.05, 0) is 19.1 Å². The number of halogens is 1. The lowest BCUT2D eigenvalue weighted by molar-refractivity contribution is -0.298. The second-order valence-corrected chi connectivity index (χ2v) is 5.63. The highest BCUT2D eigenvalue weighted by atomic mass is 35.5. The molecule has 0 N–H and O–H groups in total. The summed E-state index contributed by atoms with van der Waals surface area (Å²) in [6.45, 7) is 7.62. The Morgan fingerprint density at radius 2 is 1.50 bits per heavy atom. The molecule has 0 bridgehead atoms. The molecule has 1 aromatic carbocycles. The third kappa shape index (κ3) is 2.40. The van der Waals surface area contributed by atoms with Crippen molar-refractivity contribution in [2.45, 2.75) is 26.6 Å². The van der Waals surface area contributed by atoms with Crippen molar-refractivity contribution in [1.29, 1.82) is 0 Å². The molecule has 2 nitrogen and oxygen atoms in total. The first-order chi connectivity index (χ1) is 7.41. The van der Waals surface area contributed by atoms with Gasteiger partial charge >= 0.3 is 0 Å². The minimum absolute atomic E-state index is 0.0892. The van der Waals surface area contributed by atoms with Gasteiger partial charge in [0.15, 0.2) is 5.79 Å². The maximum absolute atomic E-state index is 5.86. The van der Waals surface area contributed by atoms with Crippen LogP contribution in [-0.2, 0) is 15.3 Å². The molecule has 16 heavy (non-hydrogen) atoms. The third-order valence-corrected chi connectivity index (χ3v) is 3.10. The maximum Gasteiger partial charge on any atom is 0.191 e. The summed E-state index contributed by atoms with van der Waals surface area (Å²) in [7, 11) is 0. The average molecular weight is 241 g/mol. The lowest BCUT2D eigenvalue weighted by Crippen LogP contribution is -2.43. The number of benzene rings is 1. The Bertz CT molecular complexity index is 360. The van der Waals surface area contributed by atoms with Crippen molar-refractivity contribution >= 4 is 11.6 Å². The van der Waals surface area contributed by atoms with E-state index in [0.29, 0.717) is 13.2 Å². The Morgan fingerprint density at radius 3 is 2.00 bits per heavy atom. The molecule has 1 heterocycles. The van der Waals surface area contributed by atoms with Crippen molar-refractivity contribution in [3.8, 4) is 0 Å². The van der Waals surface area contributed by atoms with Crippen LogP contribution in [0.2, 0.25) is 5.02 Å². The van der Waals surface area contributed by atoms with E-state index in [2.05, 4.69) is 13.8 Å². The molecule has 0 saturated carbocycles. The van der Waals surface area contributed by atoms with Crippen molar-refractivity contribution in [3.63, 3.8) is 0 Å². The second-order valence-electron chi connectivity index (χ2n) is 5.19. The molecule has 1 saturated heterocycles. The predicted molar refractivity (Wildman–Crippen MR) is 64.5 cm³/mol. The molecular weight excluding hydrogens is 224 g/mol. The zero-order valence-corrected chi connectivity index (χ0v) is 10.7. The first-order valence-corrected chi connectivity index (χ1v) is 5.83. The van der Waals surface area contributed by atoms with E-state index in [0.717, 1.165) is 10.6 Å². The Balaban J connectivity index is 2.18. The fraction of sp³-hybridized carbons (Fsp3) is 0.538. The number of hydrogen-bond donors (Lipinski definition) is 0. The molecule has 0 radical (unpaired) electrons. The fourth-order valence-electron chi connectivity index (χ4n) is 1.67. The summed E-state index contributed by atoms with van der Waals surface area (Å²) in [4.78, 5) is 0. The van der Waals surface area contributed by atoms with Gasteiger partial charge < -0.3 is 9.47 Å². The lowest BCUT2D eigenvalue weighted by Gasteiger charge is -2.41. The van der Waals surface area contributed by atoms with Crippen LogP contribution >= 0.6 is 11.6 Å². The molecule has 0 atom stereocenters. The monoisotopic (exact) mass is 240 g/mol. The van der Waals surface area contributed by atoms with E-state index in [-0.39, 0.29) is 5.41 Å². The van der Waals surface area contributed by atoms with Crippen molar-refractivity contribution in [3.05, 3.63) is 34.9 Å². The summed E-state index contributed by atoms with van der Waals surface area (Å²) in [5.74, 6) is -0.639. The molecule has 1 aromatic rings. The zero-order valence-electron chi connectivity index (χ0n) is 9.92. The molecule has 3 heteroatoms. The molecule has 2 rings (SSSR count). The van der Waals surface area contributed by atoms with Gasteiger partial charge in [0.2, 0.25) is 0 Å². The van der Waals surface area contributed by atoms with Gasteiger partial charge in [-0.1, -0.05) is 37.6 Å². The van der Waals surface area contributed by atoms with Crippen LogP contribution in [0.3, 0.4) is 0 Å². The van der Waals surface area contributed by atoms with Gasteiger partial charge in [0, 0.05) is 16.0 Å². The molecule has 0 unspecified atom stereocenters. The summed E-state index contributed by atoms with van der Waals surface area (Å²) < 4.78 is 11.7. The van der Waals surface area contributed by atoms with Crippen LogP contribution in [0.15, 0.2) is 24.3 Å². The van der Waals surface area contributed by atoms with E-state index in [1.807, 2.05) is 31.2 Å². The zero-order chi connectivity index (χ0) is 11.8. The van der Waals surface area contributed by atoms with Crippen molar-refractivity contribution < 1.29 is 9.47 Å². The Hall–Kier alpha value is -0.570. The summed E-state index contributed by atoms with van der Waals surface area (Å²) in [6, 6.07) is 7.60. The maximum atomic E-state index is 5.86. The van der Waals surface area contributed by atoms with Crippen LogP contribution < -0.4 is 0 Å². The van der Waals surface area contributed by atoms with Gasteiger partial charge in [-0.3, -0.25) is 0 Å². The third-order valence-electron chi connectivity index (χ3n) is 2.85. The summed E-state index contributed by atoms with van der Waals surface area (Å²) >= 11 is 5.86. The van der Waals surface area contributed by atoms with Gasteiger partial charge in [-0.25, -0.2) is 0 Å². The standard InChI is InChI=1S/C13H17ClO2/c1-12(2)8-15-13(3,16-9-12)10-4-6-11(14)7-5-10/h4-7H,8-9H2,1-3H3. The van der Waals surface area contributed by atoms with Crippen molar-refractivity contribution in [2.24, 2.45) is 5.41 Å². The van der Waals surface area contributed by atoms with Crippen LogP contribution in [0.5, 0.6) is 0 Å². The minimum Gasteiger partial charge on any atom is -0.345 e. The first kappa shape index (κ1) is 11.9. The quantitative estimate of drug-likeness (QED) is 0.747. The molecule has 88 valence electrons. The van der Waals surface area contributed by atoms with Crippen LogP contribution in [0, 0.1) is 5.41 Å². The highest BCUT2D eigenvalue weighted by Gasteiger charge is 2.38. The van der Waals surface area contributed by atoms with Gasteiger partial charge in [0.1, 0.15) is 0 Å². The Kier molecular flexibility index (Phi) is 2.99. The largest absolute Gasteiger partial charge is 0.345 e. The highest BCUT2D eigenvalue weighted by Crippen LogP contribution is 2.36. The van der Waals surface area contributed by atoms with Gasteiger partial charge in [0.25, 0.3) is 0 Å². The van der Waals surface area contributed by atoms with Gasteiger partial charge in [-0.15, -0.1) is 0 Å². The van der Waals surface area contributed by atoms with E-state index >= 15 is 0 Å². The summed E-state index contributed by atoms with van der Waals surface area (Å²) in [5, 5.41) is 0.725. The van der Waals surface area contributed by atoms with Crippen LogP contribution in [0.1, 0.15) is 26.3 Å². The fourth-order valence-corrected chi connectivity index (χ4v) is 1.79. The normalized spacial score (nSPS) is 23.0. The molecule has 0 aromatic heterocycles. The molecule has 1 fully saturated rings. The number of rotatable bonds is 1. The van der Waals surface area contributed by atoms with Gasteiger partial charge in [-0.2, -0.15) is 0 Å². The predicted octanol–water partition coefficient (Wildman–Crippen LogP) is 3.59. The van der Waals surface area contributed by atoms with Crippen LogP contribution in [0.25, 0.3) is 0 Å². The molecular formula is C13H17ClO2. The lowest BCUT2D eigenvalue weighted by atomic mass is 9.94. The highest BCUT2D eigenvalue weighted by molar-refractivity contribution is 6.30. The molecule has 0 spiro atoms. The molecule has 1 aliphatic heterocycles. The van der Waals surface area contributed by atoms with E-state index in [1.54, 1.807) is 0 Å². The van der Waals surface area contributed by atoms with Crippen LogP contribution in [-0.4, -0.2) is 13.2 Å². The first-order valence-electron chi connectivity index (χ1n) is 5.45. The molecule has 1 aliphatic rings. The summed E-state index contributed by atoms with van der Waals surface area (Å²) in [6.07, 6.45) is 0. The van der Waals surface area contributed by atoms with Crippen molar-refractivity contribution in [1.82, 2.24) is 0 Å².